The van der Waals surface area contributed by atoms with E-state index in [9.17, 15) is 5.11 Å². The van der Waals surface area contributed by atoms with Crippen molar-refractivity contribution >= 4 is 8.32 Å². The molecule has 1 N–H and O–H groups in total. The van der Waals surface area contributed by atoms with Crippen LogP contribution in [0.2, 0.25) is 18.1 Å². The predicted octanol–water partition coefficient (Wildman–Crippen LogP) is 6.09. The molecular formula is C26H50O4Si. The molecule has 0 spiro atoms. The molecule has 0 amide bonds. The van der Waals surface area contributed by atoms with Gasteiger partial charge in [-0.1, -0.05) is 41.0 Å². The van der Waals surface area contributed by atoms with Crippen LogP contribution in [0.25, 0.3) is 0 Å². The fourth-order valence-electron chi connectivity index (χ4n) is 7.15. The van der Waals surface area contributed by atoms with Crippen molar-refractivity contribution < 1.29 is 19.0 Å². The Morgan fingerprint density at radius 3 is 2.06 bits per heavy atom. The Morgan fingerprint density at radius 1 is 0.935 bits per heavy atom. The van der Waals surface area contributed by atoms with Gasteiger partial charge in [0.2, 0.25) is 0 Å². The normalized spacial score (nSPS) is 40.9. The summed E-state index contributed by atoms with van der Waals surface area (Å²) in [6.45, 7) is 21.9. The van der Waals surface area contributed by atoms with E-state index in [1.807, 2.05) is 13.8 Å². The lowest BCUT2D eigenvalue weighted by molar-refractivity contribution is -0.183. The monoisotopic (exact) mass is 454 g/mol. The molecule has 0 radical (unpaired) electrons. The SMILES string of the molecule is CCOC(OCC)[C@@H]1C[C@H]2[C@H](C[C@@H](O[Si](C)(C)C(C)(C)C)[C@@H]3[C@@H]2C[C@@H](C)[C@H]3CC)[C@H]1O. The molecule has 3 fully saturated rings. The van der Waals surface area contributed by atoms with E-state index < -0.39 is 8.32 Å². The molecule has 0 unspecified atom stereocenters. The molecule has 31 heavy (non-hydrogen) atoms. The summed E-state index contributed by atoms with van der Waals surface area (Å²) in [7, 11) is -1.88. The van der Waals surface area contributed by atoms with E-state index >= 15 is 0 Å². The third kappa shape index (κ3) is 4.82. The van der Waals surface area contributed by atoms with E-state index in [2.05, 4.69) is 47.7 Å². The fraction of sp³-hybridized carbons (Fsp3) is 1.00. The minimum absolute atomic E-state index is 0.0816. The van der Waals surface area contributed by atoms with Gasteiger partial charge in [-0.2, -0.15) is 0 Å². The van der Waals surface area contributed by atoms with Gasteiger partial charge in [-0.25, -0.2) is 0 Å². The third-order valence-electron chi connectivity index (χ3n) is 9.55. The zero-order valence-corrected chi connectivity index (χ0v) is 22.7. The van der Waals surface area contributed by atoms with Gasteiger partial charge >= 0.3 is 0 Å². The number of aliphatic hydroxyl groups excluding tert-OH is 1. The highest BCUT2D eigenvalue weighted by atomic mass is 28.4. The van der Waals surface area contributed by atoms with Gasteiger partial charge in [0.25, 0.3) is 0 Å². The van der Waals surface area contributed by atoms with Crippen molar-refractivity contribution in [3.63, 3.8) is 0 Å². The Kier molecular flexibility index (Phi) is 8.06. The first-order chi connectivity index (χ1) is 14.5. The van der Waals surface area contributed by atoms with Crippen molar-refractivity contribution in [3.8, 4) is 0 Å². The topological polar surface area (TPSA) is 47.9 Å². The van der Waals surface area contributed by atoms with Crippen molar-refractivity contribution in [2.75, 3.05) is 13.2 Å². The lowest BCUT2D eigenvalue weighted by Gasteiger charge is -2.49. The minimum Gasteiger partial charge on any atom is -0.414 e. The number of rotatable bonds is 8. The lowest BCUT2D eigenvalue weighted by Crippen LogP contribution is -2.51. The maximum Gasteiger partial charge on any atom is 0.192 e. The van der Waals surface area contributed by atoms with Crippen LogP contribution < -0.4 is 0 Å². The number of hydrogen-bond acceptors (Lipinski definition) is 4. The second-order valence-corrected chi connectivity index (χ2v) is 16.9. The Bertz CT molecular complexity index is 582. The average Bonchev–Trinajstić information content (AvgIpc) is 3.17. The lowest BCUT2D eigenvalue weighted by atomic mass is 9.65. The summed E-state index contributed by atoms with van der Waals surface area (Å²) in [6.07, 6.45) is 4.22. The van der Waals surface area contributed by atoms with Gasteiger partial charge in [0.05, 0.1) is 6.10 Å². The summed E-state index contributed by atoms with van der Waals surface area (Å²) in [4.78, 5) is 0. The summed E-state index contributed by atoms with van der Waals surface area (Å²) in [5.41, 5.74) is 0. The summed E-state index contributed by atoms with van der Waals surface area (Å²) < 4.78 is 19.1. The first kappa shape index (κ1) is 25.7. The molecule has 0 aromatic heterocycles. The van der Waals surface area contributed by atoms with E-state index in [1.54, 1.807) is 0 Å². The van der Waals surface area contributed by atoms with Crippen LogP contribution in [-0.4, -0.2) is 45.1 Å². The maximum atomic E-state index is 11.5. The Hall–Kier alpha value is 0.0569. The van der Waals surface area contributed by atoms with Crippen LogP contribution in [0.1, 0.15) is 74.1 Å². The van der Waals surface area contributed by atoms with Crippen LogP contribution in [0, 0.1) is 41.4 Å². The highest BCUT2D eigenvalue weighted by Gasteiger charge is 2.60. The first-order valence-corrected chi connectivity index (χ1v) is 16.0. The molecule has 0 bridgehead atoms. The van der Waals surface area contributed by atoms with Crippen LogP contribution >= 0.6 is 0 Å². The highest BCUT2D eigenvalue weighted by molar-refractivity contribution is 6.74. The predicted molar refractivity (Wildman–Crippen MR) is 129 cm³/mol. The van der Waals surface area contributed by atoms with E-state index in [-0.39, 0.29) is 29.5 Å². The number of fused-ring (bicyclic) bond motifs is 3. The first-order valence-electron chi connectivity index (χ1n) is 13.1. The second-order valence-electron chi connectivity index (χ2n) is 12.2. The van der Waals surface area contributed by atoms with Crippen LogP contribution in [-0.2, 0) is 13.9 Å². The Balaban J connectivity index is 1.89. The van der Waals surface area contributed by atoms with Crippen molar-refractivity contribution in [1.29, 1.82) is 0 Å². The fourth-order valence-corrected chi connectivity index (χ4v) is 8.52. The van der Waals surface area contributed by atoms with Gasteiger partial charge < -0.3 is 19.0 Å². The summed E-state index contributed by atoms with van der Waals surface area (Å²) >= 11 is 0. The Morgan fingerprint density at radius 2 is 1.55 bits per heavy atom. The Labute approximate surface area is 192 Å². The van der Waals surface area contributed by atoms with Crippen LogP contribution in [0.15, 0.2) is 0 Å². The molecule has 9 atom stereocenters. The number of aliphatic hydroxyl groups is 1. The number of hydrogen-bond donors (Lipinski definition) is 1. The molecule has 3 aliphatic rings. The molecule has 0 heterocycles. The molecule has 0 saturated heterocycles. The van der Waals surface area contributed by atoms with Crippen molar-refractivity contribution in [3.05, 3.63) is 0 Å². The minimum atomic E-state index is -1.88. The molecule has 5 heteroatoms. The van der Waals surface area contributed by atoms with Gasteiger partial charge in [0, 0.05) is 25.2 Å². The molecule has 4 nitrogen and oxygen atoms in total. The van der Waals surface area contributed by atoms with Crippen LogP contribution in [0.4, 0.5) is 0 Å². The van der Waals surface area contributed by atoms with Gasteiger partial charge in [-0.15, -0.1) is 0 Å². The van der Waals surface area contributed by atoms with E-state index in [4.69, 9.17) is 13.9 Å². The molecular weight excluding hydrogens is 404 g/mol. The molecule has 3 rings (SSSR count). The summed E-state index contributed by atoms with van der Waals surface area (Å²) in [6, 6.07) is 0. The van der Waals surface area contributed by atoms with Gasteiger partial charge in [-0.05, 0) is 86.7 Å². The van der Waals surface area contributed by atoms with Gasteiger partial charge in [0.15, 0.2) is 14.6 Å². The summed E-state index contributed by atoms with van der Waals surface area (Å²) in [5.74, 6) is 3.76. The largest absolute Gasteiger partial charge is 0.414 e. The van der Waals surface area contributed by atoms with E-state index in [0.29, 0.717) is 36.9 Å². The molecule has 0 aromatic rings. The second kappa shape index (κ2) is 9.73. The van der Waals surface area contributed by atoms with Crippen LogP contribution in [0.3, 0.4) is 0 Å². The summed E-state index contributed by atoms with van der Waals surface area (Å²) in [5, 5.41) is 11.7. The highest BCUT2D eigenvalue weighted by Crippen LogP contribution is 2.61. The molecule has 3 aliphatic carbocycles. The van der Waals surface area contributed by atoms with Crippen molar-refractivity contribution in [1.82, 2.24) is 0 Å². The van der Waals surface area contributed by atoms with Crippen molar-refractivity contribution in [2.24, 2.45) is 41.4 Å². The molecule has 0 aromatic carbocycles. The van der Waals surface area contributed by atoms with Crippen molar-refractivity contribution in [2.45, 2.75) is 111 Å². The quantitative estimate of drug-likeness (QED) is 0.356. The van der Waals surface area contributed by atoms with E-state index in [1.165, 1.54) is 12.8 Å². The van der Waals surface area contributed by atoms with Crippen LogP contribution in [0.5, 0.6) is 0 Å². The smallest absolute Gasteiger partial charge is 0.192 e. The molecule has 0 aliphatic heterocycles. The molecule has 3 saturated carbocycles. The van der Waals surface area contributed by atoms with Gasteiger partial charge in [0.1, 0.15) is 0 Å². The zero-order chi connectivity index (χ0) is 23.1. The average molecular weight is 455 g/mol. The third-order valence-corrected chi connectivity index (χ3v) is 14.1. The van der Waals surface area contributed by atoms with E-state index in [0.717, 1.165) is 24.7 Å². The number of ether oxygens (including phenoxy) is 2. The standard InChI is InChI=1S/C26H50O4Si/c1-10-17-16(4)13-19-18-14-21(25(28-11-2)29-12-3)24(27)20(18)15-22(23(17)19)30-31(8,9)26(5,6)7/h16-25,27H,10-15H2,1-9H3/t16-,17-,18-,19-,20+,21-,22-,23+,24-/m1/s1. The zero-order valence-electron chi connectivity index (χ0n) is 21.7. The molecule has 182 valence electrons. The van der Waals surface area contributed by atoms with Gasteiger partial charge in [-0.3, -0.25) is 0 Å². The maximum absolute atomic E-state index is 11.5.